The van der Waals surface area contributed by atoms with E-state index in [1.165, 1.54) is 52.0 Å². The number of carbonyl (C=O) groups excluding carboxylic acids is 1. The average molecular weight is 546 g/mol. The Morgan fingerprint density at radius 3 is 2.32 bits per heavy atom. The lowest BCUT2D eigenvalue weighted by atomic mass is 9.94. The van der Waals surface area contributed by atoms with Crippen LogP contribution in [0.3, 0.4) is 0 Å². The Hall–Kier alpha value is -3.07. The van der Waals surface area contributed by atoms with Crippen LogP contribution in [0.4, 0.5) is 4.79 Å². The molecule has 2 aliphatic carbocycles. The van der Waals surface area contributed by atoms with Crippen molar-refractivity contribution in [3.05, 3.63) is 91.4 Å². The minimum absolute atomic E-state index is 0.188. The third-order valence-electron chi connectivity index (χ3n) is 7.30. The first-order chi connectivity index (χ1) is 18.4. The highest BCUT2D eigenvalue weighted by atomic mass is 32.1. The second kappa shape index (κ2) is 10.2. The topological polar surface area (TPSA) is 84.3 Å². The molecule has 2 N–H and O–H groups in total. The van der Waals surface area contributed by atoms with Crippen molar-refractivity contribution in [2.45, 2.75) is 70.6 Å². The lowest BCUT2D eigenvalue weighted by Gasteiger charge is -2.16. The van der Waals surface area contributed by atoms with Crippen molar-refractivity contribution >= 4 is 28.8 Å². The van der Waals surface area contributed by atoms with Crippen molar-refractivity contribution in [3.8, 4) is 10.6 Å². The Morgan fingerprint density at radius 1 is 1.00 bits per heavy atom. The molecular weight excluding hydrogens is 514 g/mol. The van der Waals surface area contributed by atoms with Gasteiger partial charge in [-0.05, 0) is 80.2 Å². The van der Waals surface area contributed by atoms with E-state index in [1.54, 1.807) is 31.4 Å². The molecule has 2 aromatic heterocycles. The van der Waals surface area contributed by atoms with E-state index in [1.807, 2.05) is 36.5 Å². The van der Waals surface area contributed by atoms with E-state index in [-0.39, 0.29) is 6.61 Å². The second-order valence-electron chi connectivity index (χ2n) is 10.6. The summed E-state index contributed by atoms with van der Waals surface area (Å²) in [4.78, 5) is 24.1. The fourth-order valence-electron chi connectivity index (χ4n) is 5.48. The Kier molecular flexibility index (Phi) is 6.80. The number of nitrogens with zero attached hydrogens (tertiary/aromatic N) is 2. The molecule has 1 amide bonds. The number of amides is 1. The minimum Gasteiger partial charge on any atom is -0.445 e. The number of fused-ring (bicyclic) bond motifs is 2. The van der Waals surface area contributed by atoms with Crippen molar-refractivity contribution in [3.63, 3.8) is 0 Å². The SMILES string of the molecule is CC(C)(O)c1ncc(C(NC(=O)OCc2ccccc2)c2cnc(-c3c4c(cc5c3CCC5)CCC4)s2)s1. The maximum atomic E-state index is 12.9. The quantitative estimate of drug-likeness (QED) is 0.277. The van der Waals surface area contributed by atoms with E-state index in [0.717, 1.165) is 46.0 Å². The van der Waals surface area contributed by atoms with Crippen molar-refractivity contribution in [2.24, 2.45) is 0 Å². The first-order valence-corrected chi connectivity index (χ1v) is 14.8. The fourth-order valence-corrected chi connectivity index (χ4v) is 7.63. The molecule has 2 aromatic carbocycles. The summed E-state index contributed by atoms with van der Waals surface area (Å²) in [7, 11) is 0. The molecule has 0 bridgehead atoms. The molecular formula is C30H31N3O3S2. The summed E-state index contributed by atoms with van der Waals surface area (Å²) in [5.74, 6) is 0. The minimum atomic E-state index is -1.06. The first-order valence-electron chi connectivity index (χ1n) is 13.1. The van der Waals surface area contributed by atoms with E-state index >= 15 is 0 Å². The van der Waals surface area contributed by atoms with Crippen LogP contribution in [0.15, 0.2) is 48.8 Å². The molecule has 4 aromatic rings. The number of benzene rings is 2. The Morgan fingerprint density at radius 2 is 1.66 bits per heavy atom. The zero-order chi connectivity index (χ0) is 26.3. The van der Waals surface area contributed by atoms with Crippen LogP contribution in [0.25, 0.3) is 10.6 Å². The third kappa shape index (κ3) is 5.00. The van der Waals surface area contributed by atoms with Gasteiger partial charge in [-0.15, -0.1) is 22.7 Å². The summed E-state index contributed by atoms with van der Waals surface area (Å²) in [6.07, 6.45) is 9.99. The van der Waals surface area contributed by atoms with Crippen molar-refractivity contribution in [2.75, 3.05) is 0 Å². The molecule has 2 aliphatic rings. The fraction of sp³-hybridized carbons (Fsp3) is 0.367. The Bertz CT molecular complexity index is 1440. The highest BCUT2D eigenvalue weighted by Crippen LogP contribution is 2.43. The second-order valence-corrected chi connectivity index (χ2v) is 12.7. The molecule has 1 atom stereocenters. The molecule has 6 rings (SSSR count). The van der Waals surface area contributed by atoms with Crippen molar-refractivity contribution in [1.29, 1.82) is 0 Å². The number of alkyl carbamates (subject to hydrolysis) is 1. The maximum Gasteiger partial charge on any atom is 0.408 e. The van der Waals surface area contributed by atoms with Gasteiger partial charge in [0.1, 0.15) is 28.3 Å². The van der Waals surface area contributed by atoms with E-state index in [9.17, 15) is 9.90 Å². The molecule has 0 saturated carbocycles. The predicted molar refractivity (Wildman–Crippen MR) is 151 cm³/mol. The summed E-state index contributed by atoms with van der Waals surface area (Å²) in [6, 6.07) is 11.6. The highest BCUT2D eigenvalue weighted by molar-refractivity contribution is 7.15. The summed E-state index contributed by atoms with van der Waals surface area (Å²) in [5.41, 5.74) is 7.07. The molecule has 0 aliphatic heterocycles. The van der Waals surface area contributed by atoms with Crippen LogP contribution in [0.1, 0.15) is 75.3 Å². The zero-order valence-electron chi connectivity index (χ0n) is 21.6. The van der Waals surface area contributed by atoms with Gasteiger partial charge in [0.2, 0.25) is 0 Å². The maximum absolute atomic E-state index is 12.9. The van der Waals surface area contributed by atoms with Gasteiger partial charge in [-0.25, -0.2) is 14.8 Å². The summed E-state index contributed by atoms with van der Waals surface area (Å²) < 4.78 is 5.56. The van der Waals surface area contributed by atoms with Gasteiger partial charge in [0.15, 0.2) is 0 Å². The number of ether oxygens (including phenoxy) is 1. The van der Waals surface area contributed by atoms with Gasteiger partial charge in [-0.2, -0.15) is 0 Å². The molecule has 6 nitrogen and oxygen atoms in total. The molecule has 1 unspecified atom stereocenters. The number of rotatable bonds is 7. The van der Waals surface area contributed by atoms with Crippen LogP contribution in [0.2, 0.25) is 0 Å². The molecule has 0 radical (unpaired) electrons. The van der Waals surface area contributed by atoms with Crippen LogP contribution in [0.5, 0.6) is 0 Å². The summed E-state index contributed by atoms with van der Waals surface area (Å²) in [6.45, 7) is 3.62. The Labute approximate surface area is 230 Å². The van der Waals surface area contributed by atoms with Gasteiger partial charge in [-0.1, -0.05) is 36.4 Å². The van der Waals surface area contributed by atoms with Gasteiger partial charge in [0.25, 0.3) is 0 Å². The highest BCUT2D eigenvalue weighted by Gasteiger charge is 2.30. The molecule has 0 saturated heterocycles. The number of thiazole rings is 2. The normalized spacial score (nSPS) is 15.2. The van der Waals surface area contributed by atoms with Crippen LogP contribution < -0.4 is 5.32 Å². The number of nitrogens with one attached hydrogen (secondary N) is 1. The number of hydrogen-bond donors (Lipinski definition) is 2. The largest absolute Gasteiger partial charge is 0.445 e. The van der Waals surface area contributed by atoms with Crippen molar-refractivity contribution < 1.29 is 14.6 Å². The van der Waals surface area contributed by atoms with Crippen LogP contribution in [0, 0.1) is 0 Å². The van der Waals surface area contributed by atoms with E-state index in [2.05, 4.69) is 16.4 Å². The summed E-state index contributed by atoms with van der Waals surface area (Å²) >= 11 is 3.02. The molecule has 2 heterocycles. The molecule has 196 valence electrons. The average Bonchev–Trinajstić information content (AvgIpc) is 3.71. The monoisotopic (exact) mass is 545 g/mol. The van der Waals surface area contributed by atoms with Gasteiger partial charge in [0.05, 0.1) is 9.75 Å². The molecule has 38 heavy (non-hydrogen) atoms. The smallest absolute Gasteiger partial charge is 0.408 e. The van der Waals surface area contributed by atoms with E-state index in [0.29, 0.717) is 5.01 Å². The van der Waals surface area contributed by atoms with Crippen molar-refractivity contribution in [1.82, 2.24) is 15.3 Å². The van der Waals surface area contributed by atoms with E-state index in [4.69, 9.17) is 9.72 Å². The molecule has 8 heteroatoms. The van der Waals surface area contributed by atoms with E-state index < -0.39 is 17.7 Å². The summed E-state index contributed by atoms with van der Waals surface area (Å²) in [5, 5.41) is 15.2. The Balaban J connectivity index is 1.33. The number of hydrogen-bond acceptors (Lipinski definition) is 7. The molecule has 0 fully saturated rings. The van der Waals surface area contributed by atoms with Crippen LogP contribution >= 0.6 is 22.7 Å². The molecule has 0 spiro atoms. The lowest BCUT2D eigenvalue weighted by molar-refractivity contribution is 0.0783. The third-order valence-corrected chi connectivity index (χ3v) is 9.76. The number of aromatic nitrogens is 2. The number of carbonyl (C=O) groups is 1. The van der Waals surface area contributed by atoms with Gasteiger partial charge < -0.3 is 15.2 Å². The standard InChI is InChI=1S/C30H31N3O3S2/c1-30(2,35)28-32-16-24(38-28)26(33-29(34)36-17-18-8-4-3-5-9-18)23-15-31-27(37-23)25-21-12-6-10-19(21)14-20-11-7-13-22(20)25/h3-5,8-9,14-16,26,35H,6-7,10-13,17H2,1-2H3,(H,33,34). The van der Waals surface area contributed by atoms with Crippen LogP contribution in [-0.2, 0) is 42.6 Å². The van der Waals surface area contributed by atoms with Gasteiger partial charge in [-0.3, -0.25) is 0 Å². The lowest BCUT2D eigenvalue weighted by Crippen LogP contribution is -2.28. The zero-order valence-corrected chi connectivity index (χ0v) is 23.3. The number of aliphatic hydroxyl groups is 1. The van der Waals surface area contributed by atoms with Crippen LogP contribution in [-0.4, -0.2) is 21.2 Å². The predicted octanol–water partition coefficient (Wildman–Crippen LogP) is 6.49. The van der Waals surface area contributed by atoms with Gasteiger partial charge in [0, 0.05) is 18.0 Å². The first kappa shape index (κ1) is 25.2. The van der Waals surface area contributed by atoms with Gasteiger partial charge >= 0.3 is 6.09 Å². The number of aryl methyl sites for hydroxylation is 2.